The van der Waals surface area contributed by atoms with E-state index < -0.39 is 11.9 Å². The Hall–Kier alpha value is -1.88. The molecule has 1 amide bonds. The highest BCUT2D eigenvalue weighted by atomic mass is 19.1. The van der Waals surface area contributed by atoms with Crippen molar-refractivity contribution >= 4 is 12.0 Å². The third-order valence-electron chi connectivity index (χ3n) is 2.51. The van der Waals surface area contributed by atoms with Gasteiger partial charge in [0.25, 0.3) is 0 Å². The molecule has 0 spiro atoms. The smallest absolute Gasteiger partial charge is 0.246 e. The fraction of sp³-hybridized carbons (Fsp3) is 0.357. The molecule has 1 unspecified atom stereocenters. The molecule has 0 aromatic heterocycles. The third kappa shape index (κ3) is 4.71. The molecular weight excluding hydrogens is 249 g/mol. The Labute approximate surface area is 112 Å². The molecule has 0 saturated heterocycles. The normalized spacial score (nSPS) is 12.5. The fourth-order valence-electron chi connectivity index (χ4n) is 1.57. The van der Waals surface area contributed by atoms with E-state index in [9.17, 15) is 9.18 Å². The summed E-state index contributed by atoms with van der Waals surface area (Å²) in [6.07, 6.45) is 2.27. The van der Waals surface area contributed by atoms with E-state index in [-0.39, 0.29) is 18.2 Å². The lowest BCUT2D eigenvalue weighted by molar-refractivity contribution is -0.125. The summed E-state index contributed by atoms with van der Waals surface area (Å²) in [5, 5.41) is 9.17. The fourth-order valence-corrected chi connectivity index (χ4v) is 1.57. The van der Waals surface area contributed by atoms with Crippen molar-refractivity contribution in [1.29, 1.82) is 0 Å². The first-order valence-electron chi connectivity index (χ1n) is 5.89. The summed E-state index contributed by atoms with van der Waals surface area (Å²) in [7, 11) is 2.98. The van der Waals surface area contributed by atoms with Gasteiger partial charge in [0.1, 0.15) is 0 Å². The van der Waals surface area contributed by atoms with E-state index in [1.807, 2.05) is 0 Å². The Morgan fingerprint density at radius 3 is 2.79 bits per heavy atom. The van der Waals surface area contributed by atoms with Crippen molar-refractivity contribution in [2.75, 3.05) is 20.7 Å². The molecule has 0 saturated carbocycles. The Morgan fingerprint density at radius 2 is 2.26 bits per heavy atom. The standard InChI is InChI=1S/C14H18FNO3/c1-10(17)9-16(2)14(18)7-5-11-4-6-13(19-3)12(15)8-11/h4-8,10,17H,9H2,1-3H3. The number of aliphatic hydroxyl groups excluding tert-OH is 1. The van der Waals surface area contributed by atoms with Crippen molar-refractivity contribution < 1.29 is 19.0 Å². The number of hydrogen-bond donors (Lipinski definition) is 1. The molecule has 0 aliphatic carbocycles. The molecule has 1 rings (SSSR count). The lowest BCUT2D eigenvalue weighted by Crippen LogP contribution is -2.31. The second-order valence-corrected chi connectivity index (χ2v) is 4.30. The summed E-state index contributed by atoms with van der Waals surface area (Å²) in [5.74, 6) is -0.568. The third-order valence-corrected chi connectivity index (χ3v) is 2.51. The van der Waals surface area contributed by atoms with E-state index in [1.54, 1.807) is 20.0 Å². The van der Waals surface area contributed by atoms with Crippen LogP contribution in [0.4, 0.5) is 4.39 Å². The number of aliphatic hydroxyl groups is 1. The molecule has 0 aliphatic rings. The number of likely N-dealkylation sites (N-methyl/N-ethyl adjacent to an activating group) is 1. The van der Waals surface area contributed by atoms with Crippen LogP contribution in [-0.2, 0) is 4.79 Å². The minimum atomic E-state index is -0.583. The van der Waals surface area contributed by atoms with Crippen LogP contribution in [0.15, 0.2) is 24.3 Å². The Balaban J connectivity index is 2.71. The van der Waals surface area contributed by atoms with E-state index in [0.717, 1.165) is 0 Å². The lowest BCUT2D eigenvalue weighted by atomic mass is 10.2. The van der Waals surface area contributed by atoms with Crippen LogP contribution in [0.3, 0.4) is 0 Å². The number of halogens is 1. The van der Waals surface area contributed by atoms with Gasteiger partial charge in [-0.05, 0) is 30.7 Å². The van der Waals surface area contributed by atoms with Crippen molar-refractivity contribution in [2.45, 2.75) is 13.0 Å². The van der Waals surface area contributed by atoms with Gasteiger partial charge in [0.05, 0.1) is 13.2 Å². The summed E-state index contributed by atoms with van der Waals surface area (Å²) in [6.45, 7) is 1.85. The number of carbonyl (C=O) groups excluding carboxylic acids is 1. The average molecular weight is 267 g/mol. The first-order chi connectivity index (χ1) is 8.93. The number of methoxy groups -OCH3 is 1. The van der Waals surface area contributed by atoms with Gasteiger partial charge in [-0.2, -0.15) is 0 Å². The molecule has 1 aromatic carbocycles. The van der Waals surface area contributed by atoms with E-state index in [2.05, 4.69) is 0 Å². The summed E-state index contributed by atoms with van der Waals surface area (Å²) < 4.78 is 18.2. The number of hydrogen-bond acceptors (Lipinski definition) is 3. The summed E-state index contributed by atoms with van der Waals surface area (Å²) >= 11 is 0. The maximum Gasteiger partial charge on any atom is 0.246 e. The molecule has 0 fully saturated rings. The lowest BCUT2D eigenvalue weighted by Gasteiger charge is -2.16. The van der Waals surface area contributed by atoms with Gasteiger partial charge >= 0.3 is 0 Å². The molecule has 0 radical (unpaired) electrons. The van der Waals surface area contributed by atoms with Crippen LogP contribution in [0.5, 0.6) is 5.75 Å². The number of nitrogens with zero attached hydrogens (tertiary/aromatic N) is 1. The zero-order valence-corrected chi connectivity index (χ0v) is 11.3. The number of rotatable bonds is 5. The highest BCUT2D eigenvalue weighted by Gasteiger charge is 2.07. The number of ether oxygens (including phenoxy) is 1. The minimum absolute atomic E-state index is 0.162. The summed E-state index contributed by atoms with van der Waals surface area (Å²) in [4.78, 5) is 13.1. The number of benzene rings is 1. The zero-order valence-electron chi connectivity index (χ0n) is 11.3. The Morgan fingerprint density at radius 1 is 1.58 bits per heavy atom. The molecule has 4 nitrogen and oxygen atoms in total. The van der Waals surface area contributed by atoms with Gasteiger partial charge in [0.15, 0.2) is 11.6 Å². The second-order valence-electron chi connectivity index (χ2n) is 4.30. The largest absolute Gasteiger partial charge is 0.494 e. The SMILES string of the molecule is COc1ccc(C=CC(=O)N(C)CC(C)O)cc1F. The number of amides is 1. The molecule has 0 aliphatic heterocycles. The van der Waals surface area contributed by atoms with E-state index in [4.69, 9.17) is 9.84 Å². The van der Waals surface area contributed by atoms with Crippen molar-refractivity contribution in [1.82, 2.24) is 4.90 Å². The molecule has 0 bridgehead atoms. The van der Waals surface area contributed by atoms with Crippen molar-refractivity contribution in [3.05, 3.63) is 35.7 Å². The van der Waals surface area contributed by atoms with Gasteiger partial charge in [-0.15, -0.1) is 0 Å². The molecule has 1 N–H and O–H groups in total. The van der Waals surface area contributed by atoms with Crippen LogP contribution in [-0.4, -0.2) is 42.7 Å². The van der Waals surface area contributed by atoms with Gasteiger partial charge < -0.3 is 14.7 Å². The van der Waals surface area contributed by atoms with Crippen LogP contribution in [0, 0.1) is 5.82 Å². The highest BCUT2D eigenvalue weighted by Crippen LogP contribution is 2.18. The van der Waals surface area contributed by atoms with Crippen LogP contribution in [0.25, 0.3) is 6.08 Å². The van der Waals surface area contributed by atoms with Gasteiger partial charge in [-0.25, -0.2) is 4.39 Å². The summed E-state index contributed by atoms with van der Waals surface area (Å²) in [6, 6.07) is 4.44. The van der Waals surface area contributed by atoms with Crippen molar-refractivity contribution in [2.24, 2.45) is 0 Å². The van der Waals surface area contributed by atoms with Gasteiger partial charge in [0.2, 0.25) is 5.91 Å². The number of carbonyl (C=O) groups is 1. The van der Waals surface area contributed by atoms with E-state index in [0.29, 0.717) is 5.56 Å². The predicted molar refractivity (Wildman–Crippen MR) is 71.3 cm³/mol. The van der Waals surface area contributed by atoms with Crippen LogP contribution in [0.2, 0.25) is 0 Å². The van der Waals surface area contributed by atoms with Gasteiger partial charge in [-0.1, -0.05) is 6.07 Å². The van der Waals surface area contributed by atoms with Crippen LogP contribution >= 0.6 is 0 Å². The Kier molecular flexibility index (Phi) is 5.51. The second kappa shape index (κ2) is 6.89. The molecular formula is C14H18FNO3. The quantitative estimate of drug-likeness (QED) is 0.826. The first kappa shape index (κ1) is 15.2. The monoisotopic (exact) mass is 267 g/mol. The van der Waals surface area contributed by atoms with Crippen molar-refractivity contribution in [3.63, 3.8) is 0 Å². The molecule has 104 valence electrons. The maximum absolute atomic E-state index is 13.4. The summed E-state index contributed by atoms with van der Waals surface area (Å²) in [5.41, 5.74) is 0.567. The molecule has 1 atom stereocenters. The highest BCUT2D eigenvalue weighted by molar-refractivity contribution is 5.91. The molecule has 5 heteroatoms. The van der Waals surface area contributed by atoms with Gasteiger partial charge in [0, 0.05) is 19.7 Å². The minimum Gasteiger partial charge on any atom is -0.494 e. The topological polar surface area (TPSA) is 49.8 Å². The molecule has 19 heavy (non-hydrogen) atoms. The maximum atomic E-state index is 13.4. The molecule has 0 heterocycles. The van der Waals surface area contributed by atoms with Gasteiger partial charge in [-0.3, -0.25) is 4.79 Å². The average Bonchev–Trinajstić information content (AvgIpc) is 2.35. The Bertz CT molecular complexity index is 472. The van der Waals surface area contributed by atoms with E-state index >= 15 is 0 Å². The zero-order chi connectivity index (χ0) is 14.4. The van der Waals surface area contributed by atoms with E-state index in [1.165, 1.54) is 36.3 Å². The molecule has 1 aromatic rings. The first-order valence-corrected chi connectivity index (χ1v) is 5.89. The van der Waals surface area contributed by atoms with Crippen LogP contribution < -0.4 is 4.74 Å². The van der Waals surface area contributed by atoms with Crippen molar-refractivity contribution in [3.8, 4) is 5.75 Å². The van der Waals surface area contributed by atoms with Crippen LogP contribution in [0.1, 0.15) is 12.5 Å². The predicted octanol–water partition coefficient (Wildman–Crippen LogP) is 1.69.